The lowest BCUT2D eigenvalue weighted by molar-refractivity contribution is 0.0775. The fraction of sp³-hybridized carbons (Fsp3) is 0.259. The molecule has 0 spiro atoms. The van der Waals surface area contributed by atoms with Gasteiger partial charge in [0.1, 0.15) is 11.5 Å². The van der Waals surface area contributed by atoms with Crippen molar-refractivity contribution >= 4 is 29.6 Å². The zero-order valence-electron chi connectivity index (χ0n) is 20.1. The van der Waals surface area contributed by atoms with E-state index < -0.39 is 5.41 Å². The maximum absolute atomic E-state index is 14.2. The predicted octanol–water partition coefficient (Wildman–Crippen LogP) is 5.49. The number of allylic oxidation sites excluding steroid dienone is 2. The zero-order valence-corrected chi connectivity index (χ0v) is 21.0. The Labute approximate surface area is 213 Å². The monoisotopic (exact) mass is 502 g/mol. The molecule has 2 aromatic heterocycles. The van der Waals surface area contributed by atoms with Gasteiger partial charge in [0.15, 0.2) is 5.78 Å². The standard InChI is InChI=1S/C27H27FN6OS/c1-17-7-9-30-24(11-17)26(35)27-13-19(14-29)23(32-22-5-3-21(28)4-6-22)12-20(27)8-10-34(16-27)36-25-15-31-33-18(25)2/h3-7,9,11-12,14-15,29,32H,8,10,13,16H2,1-2H3,(H,31,33). The van der Waals surface area contributed by atoms with Gasteiger partial charge in [0.25, 0.3) is 0 Å². The summed E-state index contributed by atoms with van der Waals surface area (Å²) in [4.78, 5) is 19.6. The normalized spacial score (nSPS) is 20.0. The van der Waals surface area contributed by atoms with E-state index in [2.05, 4.69) is 24.8 Å². The Kier molecular flexibility index (Phi) is 6.59. The lowest BCUT2D eigenvalue weighted by Crippen LogP contribution is -2.49. The van der Waals surface area contributed by atoms with Crippen molar-refractivity contribution in [2.45, 2.75) is 31.6 Å². The summed E-state index contributed by atoms with van der Waals surface area (Å²) >= 11 is 1.60. The summed E-state index contributed by atoms with van der Waals surface area (Å²) in [6.07, 6.45) is 7.86. The molecule has 1 fully saturated rings. The second-order valence-corrected chi connectivity index (χ2v) is 10.4. The molecular weight excluding hydrogens is 475 g/mol. The molecule has 3 heterocycles. The van der Waals surface area contributed by atoms with Gasteiger partial charge in [-0.3, -0.25) is 14.9 Å². The third kappa shape index (κ3) is 4.64. The Bertz CT molecular complexity index is 1380. The van der Waals surface area contributed by atoms with Gasteiger partial charge in [-0.1, -0.05) is 5.57 Å². The van der Waals surface area contributed by atoms with Crippen LogP contribution in [0.5, 0.6) is 0 Å². The van der Waals surface area contributed by atoms with Crippen LogP contribution in [0.1, 0.15) is 34.6 Å². The van der Waals surface area contributed by atoms with Crippen LogP contribution >= 0.6 is 11.9 Å². The van der Waals surface area contributed by atoms with Crippen molar-refractivity contribution in [1.29, 1.82) is 5.41 Å². The van der Waals surface area contributed by atoms with Gasteiger partial charge in [0.2, 0.25) is 0 Å². The number of Topliss-reactive ketones (excluding diaryl/α,β-unsaturated/α-hetero) is 1. The van der Waals surface area contributed by atoms with E-state index in [1.165, 1.54) is 18.3 Å². The van der Waals surface area contributed by atoms with Crippen molar-refractivity contribution in [2.75, 3.05) is 18.4 Å². The number of fused-ring (bicyclic) bond motifs is 1. The highest BCUT2D eigenvalue weighted by Gasteiger charge is 2.49. The number of halogens is 1. The number of aryl methyl sites for hydroxylation is 2. The molecule has 1 aliphatic carbocycles. The number of carbonyl (C=O) groups is 1. The van der Waals surface area contributed by atoms with Gasteiger partial charge >= 0.3 is 0 Å². The highest BCUT2D eigenvalue weighted by atomic mass is 32.2. The van der Waals surface area contributed by atoms with E-state index >= 15 is 0 Å². The van der Waals surface area contributed by atoms with Gasteiger partial charge < -0.3 is 10.7 Å². The van der Waals surface area contributed by atoms with Gasteiger partial charge in [-0.2, -0.15) is 5.10 Å². The molecule has 7 nitrogen and oxygen atoms in total. The molecule has 9 heteroatoms. The lowest BCUT2D eigenvalue weighted by atomic mass is 9.65. The topological polar surface area (TPSA) is 97.8 Å². The van der Waals surface area contributed by atoms with Crippen LogP contribution in [0.4, 0.5) is 10.1 Å². The number of pyridine rings is 1. The fourth-order valence-electron chi connectivity index (χ4n) is 4.82. The van der Waals surface area contributed by atoms with Crippen LogP contribution in [0.15, 0.2) is 76.6 Å². The third-order valence-corrected chi connectivity index (χ3v) is 7.92. The molecule has 0 bridgehead atoms. The highest BCUT2D eigenvalue weighted by molar-refractivity contribution is 7.97. The molecule has 5 rings (SSSR count). The lowest BCUT2D eigenvalue weighted by Gasteiger charge is -2.45. The van der Waals surface area contributed by atoms with E-state index in [0.717, 1.165) is 45.2 Å². The Morgan fingerprint density at radius 2 is 2.08 bits per heavy atom. The number of hydrogen-bond acceptors (Lipinski definition) is 7. The first-order valence-corrected chi connectivity index (χ1v) is 12.5. The van der Waals surface area contributed by atoms with Crippen molar-refractivity contribution in [3.05, 3.63) is 94.5 Å². The number of hydrogen-bond donors (Lipinski definition) is 3. The van der Waals surface area contributed by atoms with E-state index in [0.29, 0.717) is 25.1 Å². The number of ketones is 1. The molecule has 1 unspecified atom stereocenters. The number of rotatable bonds is 7. The molecule has 0 radical (unpaired) electrons. The summed E-state index contributed by atoms with van der Waals surface area (Å²) in [7, 11) is 0. The fourth-order valence-corrected chi connectivity index (χ4v) is 5.85. The van der Waals surface area contributed by atoms with Crippen LogP contribution < -0.4 is 5.32 Å². The molecular formula is C27H27FN6OS. The number of H-pyrrole nitrogens is 1. The first-order valence-electron chi connectivity index (χ1n) is 11.8. The number of aromatic nitrogens is 3. The number of anilines is 1. The quantitative estimate of drug-likeness (QED) is 0.225. The molecule has 184 valence electrons. The SMILES string of the molecule is Cc1ccnc(C(=O)C23CC(C=N)=C(Nc4ccc(F)cc4)C=C2CCN(Sc2cn[nH]c2C)C3)c1. The summed E-state index contributed by atoms with van der Waals surface area (Å²) in [6, 6.07) is 9.84. The Hall–Kier alpha value is -3.56. The second kappa shape index (κ2) is 9.83. The molecule has 0 saturated carbocycles. The van der Waals surface area contributed by atoms with Gasteiger partial charge in [-0.05, 0) is 92.2 Å². The minimum Gasteiger partial charge on any atom is -0.355 e. The van der Waals surface area contributed by atoms with E-state index in [-0.39, 0.29) is 11.6 Å². The van der Waals surface area contributed by atoms with Gasteiger partial charge in [0, 0.05) is 42.6 Å². The first-order chi connectivity index (χ1) is 17.4. The Balaban J connectivity index is 1.53. The maximum atomic E-state index is 14.2. The molecule has 1 saturated heterocycles. The van der Waals surface area contributed by atoms with E-state index in [4.69, 9.17) is 5.41 Å². The average molecular weight is 503 g/mol. The number of aromatic amines is 1. The van der Waals surface area contributed by atoms with Crippen LogP contribution in [-0.2, 0) is 0 Å². The molecule has 1 atom stereocenters. The number of benzene rings is 1. The maximum Gasteiger partial charge on any atom is 0.193 e. The van der Waals surface area contributed by atoms with E-state index in [1.807, 2.05) is 32.1 Å². The average Bonchev–Trinajstić information content (AvgIpc) is 3.28. The number of piperidine rings is 1. The highest BCUT2D eigenvalue weighted by Crippen LogP contribution is 2.48. The molecule has 3 aromatic rings. The predicted molar refractivity (Wildman–Crippen MR) is 140 cm³/mol. The van der Waals surface area contributed by atoms with Crippen LogP contribution in [0.25, 0.3) is 0 Å². The Morgan fingerprint density at radius 3 is 2.78 bits per heavy atom. The van der Waals surface area contributed by atoms with Crippen molar-refractivity contribution in [3.8, 4) is 0 Å². The largest absolute Gasteiger partial charge is 0.355 e. The second-order valence-electron chi connectivity index (χ2n) is 9.26. The summed E-state index contributed by atoms with van der Waals surface area (Å²) in [5, 5.41) is 18.6. The van der Waals surface area contributed by atoms with Crippen LogP contribution in [0.2, 0.25) is 0 Å². The zero-order chi connectivity index (χ0) is 25.3. The van der Waals surface area contributed by atoms with Crippen molar-refractivity contribution in [1.82, 2.24) is 19.5 Å². The molecule has 2 aliphatic rings. The van der Waals surface area contributed by atoms with Gasteiger partial charge in [-0.15, -0.1) is 0 Å². The van der Waals surface area contributed by atoms with Crippen LogP contribution in [0.3, 0.4) is 0 Å². The Morgan fingerprint density at radius 1 is 1.28 bits per heavy atom. The van der Waals surface area contributed by atoms with E-state index in [9.17, 15) is 9.18 Å². The van der Waals surface area contributed by atoms with Crippen LogP contribution in [-0.4, -0.2) is 44.6 Å². The summed E-state index contributed by atoms with van der Waals surface area (Å²) in [5.74, 6) is -0.344. The van der Waals surface area contributed by atoms with Crippen molar-refractivity contribution in [3.63, 3.8) is 0 Å². The molecule has 36 heavy (non-hydrogen) atoms. The number of carbonyl (C=O) groups excluding carboxylic acids is 1. The minimum absolute atomic E-state index is 0.0353. The first kappa shape index (κ1) is 24.1. The third-order valence-electron chi connectivity index (χ3n) is 6.74. The summed E-state index contributed by atoms with van der Waals surface area (Å²) in [5.41, 5.74) is 4.78. The molecule has 1 aromatic carbocycles. The molecule has 0 amide bonds. The minimum atomic E-state index is -0.843. The van der Waals surface area contributed by atoms with Gasteiger partial charge in [-0.25, -0.2) is 8.70 Å². The van der Waals surface area contributed by atoms with E-state index in [1.54, 1.807) is 36.5 Å². The smallest absolute Gasteiger partial charge is 0.193 e. The van der Waals surface area contributed by atoms with Crippen molar-refractivity contribution < 1.29 is 9.18 Å². The summed E-state index contributed by atoms with van der Waals surface area (Å²) in [6.45, 7) is 5.18. The van der Waals surface area contributed by atoms with Gasteiger partial charge in [0.05, 0.1) is 16.5 Å². The van der Waals surface area contributed by atoms with Crippen molar-refractivity contribution in [2.24, 2.45) is 5.41 Å². The molecule has 1 aliphatic heterocycles. The molecule has 3 N–H and O–H groups in total. The summed E-state index contributed by atoms with van der Waals surface area (Å²) < 4.78 is 15.6. The number of nitrogens with zero attached hydrogens (tertiary/aromatic N) is 3. The van der Waals surface area contributed by atoms with Crippen LogP contribution in [0, 0.1) is 30.5 Å². The number of nitrogens with one attached hydrogen (secondary N) is 3.